The molecule has 1 aliphatic rings. The number of benzene rings is 1. The summed E-state index contributed by atoms with van der Waals surface area (Å²) in [6.45, 7) is 5.07. The highest BCUT2D eigenvalue weighted by Gasteiger charge is 2.34. The van der Waals surface area contributed by atoms with Gasteiger partial charge in [0.25, 0.3) is 0 Å². The molecular formula is C19H30F3IN4. The van der Waals surface area contributed by atoms with E-state index in [0.29, 0.717) is 37.3 Å². The van der Waals surface area contributed by atoms with Gasteiger partial charge >= 0.3 is 6.18 Å². The van der Waals surface area contributed by atoms with Crippen molar-refractivity contribution in [2.75, 3.05) is 33.2 Å². The zero-order valence-electron chi connectivity index (χ0n) is 16.1. The first-order valence-electron chi connectivity index (χ1n) is 9.09. The Kier molecular flexibility index (Phi) is 9.86. The topological polar surface area (TPSA) is 39.7 Å². The van der Waals surface area contributed by atoms with Crippen molar-refractivity contribution in [2.24, 2.45) is 10.9 Å². The first kappa shape index (κ1) is 24.0. The van der Waals surface area contributed by atoms with Crippen molar-refractivity contribution in [3.63, 3.8) is 0 Å². The number of aliphatic imine (C=N–C) groups is 1. The van der Waals surface area contributed by atoms with Crippen molar-refractivity contribution in [3.05, 3.63) is 35.9 Å². The second-order valence-electron chi connectivity index (χ2n) is 7.19. The predicted molar refractivity (Wildman–Crippen MR) is 115 cm³/mol. The SMILES string of the molecule is CN=C(NCC(c1ccccc1)C(C)C)NC1CCN(CC(F)(F)F)C1.I. The zero-order chi connectivity index (χ0) is 19.2. The van der Waals surface area contributed by atoms with Crippen molar-refractivity contribution >= 4 is 29.9 Å². The van der Waals surface area contributed by atoms with Crippen molar-refractivity contribution in [1.29, 1.82) is 0 Å². The Hall–Kier alpha value is -1.03. The number of guanidine groups is 1. The van der Waals surface area contributed by atoms with Crippen LogP contribution in [0.15, 0.2) is 35.3 Å². The molecule has 0 bridgehead atoms. The van der Waals surface area contributed by atoms with E-state index in [1.807, 2.05) is 18.2 Å². The largest absolute Gasteiger partial charge is 0.401 e. The van der Waals surface area contributed by atoms with Crippen molar-refractivity contribution < 1.29 is 13.2 Å². The Morgan fingerprint density at radius 1 is 1.26 bits per heavy atom. The van der Waals surface area contributed by atoms with Gasteiger partial charge in [-0.15, -0.1) is 24.0 Å². The van der Waals surface area contributed by atoms with E-state index in [9.17, 15) is 13.2 Å². The fraction of sp³-hybridized carbons (Fsp3) is 0.632. The van der Waals surface area contributed by atoms with Crippen LogP contribution in [0.4, 0.5) is 13.2 Å². The van der Waals surface area contributed by atoms with Crippen LogP contribution in [-0.4, -0.2) is 56.3 Å². The molecule has 4 nitrogen and oxygen atoms in total. The van der Waals surface area contributed by atoms with Crippen LogP contribution in [0.3, 0.4) is 0 Å². The standard InChI is InChI=1S/C19H29F3N4.HI/c1-14(2)17(15-7-5-4-6-8-15)11-24-18(23-3)25-16-9-10-26(12-16)13-19(20,21)22;/h4-8,14,16-17H,9-13H2,1-3H3,(H2,23,24,25);1H. The number of nitrogens with zero attached hydrogens (tertiary/aromatic N) is 2. The molecule has 1 aliphatic heterocycles. The maximum Gasteiger partial charge on any atom is 0.401 e. The molecule has 8 heteroatoms. The lowest BCUT2D eigenvalue weighted by molar-refractivity contribution is -0.143. The number of alkyl halides is 3. The second-order valence-corrected chi connectivity index (χ2v) is 7.19. The molecule has 1 saturated heterocycles. The summed E-state index contributed by atoms with van der Waals surface area (Å²) in [5.74, 6) is 1.43. The van der Waals surface area contributed by atoms with Crippen LogP contribution in [0.25, 0.3) is 0 Å². The van der Waals surface area contributed by atoms with E-state index in [1.54, 1.807) is 7.05 Å². The molecule has 27 heavy (non-hydrogen) atoms. The molecule has 1 aromatic rings. The number of hydrogen-bond acceptors (Lipinski definition) is 2. The molecule has 2 atom stereocenters. The van der Waals surface area contributed by atoms with Gasteiger partial charge in [0.1, 0.15) is 0 Å². The fourth-order valence-electron chi connectivity index (χ4n) is 3.38. The highest BCUT2D eigenvalue weighted by atomic mass is 127. The molecule has 0 radical (unpaired) electrons. The zero-order valence-corrected chi connectivity index (χ0v) is 18.4. The van der Waals surface area contributed by atoms with Crippen LogP contribution in [0.1, 0.15) is 31.7 Å². The minimum atomic E-state index is -4.14. The van der Waals surface area contributed by atoms with Gasteiger partial charge in [0.05, 0.1) is 6.54 Å². The number of halogens is 4. The first-order valence-corrected chi connectivity index (χ1v) is 9.09. The maximum atomic E-state index is 12.5. The average Bonchev–Trinajstić information content (AvgIpc) is 2.99. The van der Waals surface area contributed by atoms with Gasteiger partial charge in [-0.2, -0.15) is 13.2 Å². The molecule has 1 aromatic carbocycles. The van der Waals surface area contributed by atoms with Gasteiger partial charge in [0, 0.05) is 38.6 Å². The summed E-state index contributed by atoms with van der Waals surface area (Å²) in [4.78, 5) is 5.67. The van der Waals surface area contributed by atoms with Crippen LogP contribution in [-0.2, 0) is 0 Å². The Bertz CT molecular complexity index is 578. The first-order chi connectivity index (χ1) is 12.3. The summed E-state index contributed by atoms with van der Waals surface area (Å²) < 4.78 is 37.5. The lowest BCUT2D eigenvalue weighted by Crippen LogP contribution is -2.46. The van der Waals surface area contributed by atoms with Crippen LogP contribution in [0.5, 0.6) is 0 Å². The van der Waals surface area contributed by atoms with E-state index in [2.05, 4.69) is 41.6 Å². The van der Waals surface area contributed by atoms with E-state index in [1.165, 1.54) is 10.5 Å². The average molecular weight is 498 g/mol. The molecule has 0 aromatic heterocycles. The molecule has 0 saturated carbocycles. The van der Waals surface area contributed by atoms with Crippen molar-refractivity contribution in [1.82, 2.24) is 15.5 Å². The van der Waals surface area contributed by atoms with E-state index in [-0.39, 0.29) is 30.0 Å². The number of likely N-dealkylation sites (tertiary alicyclic amines) is 1. The number of rotatable bonds is 6. The summed E-state index contributed by atoms with van der Waals surface area (Å²) >= 11 is 0. The highest BCUT2D eigenvalue weighted by Crippen LogP contribution is 2.23. The van der Waals surface area contributed by atoms with Gasteiger partial charge in [-0.3, -0.25) is 9.89 Å². The molecule has 154 valence electrons. The van der Waals surface area contributed by atoms with Gasteiger partial charge in [-0.05, 0) is 17.9 Å². The summed E-state index contributed by atoms with van der Waals surface area (Å²) in [6, 6.07) is 10.3. The summed E-state index contributed by atoms with van der Waals surface area (Å²) in [7, 11) is 1.69. The summed E-state index contributed by atoms with van der Waals surface area (Å²) in [5.41, 5.74) is 1.27. The van der Waals surface area contributed by atoms with E-state index >= 15 is 0 Å². The highest BCUT2D eigenvalue weighted by molar-refractivity contribution is 14.0. The van der Waals surface area contributed by atoms with Gasteiger partial charge < -0.3 is 10.6 Å². The van der Waals surface area contributed by atoms with E-state index in [0.717, 1.165) is 6.54 Å². The Morgan fingerprint density at radius 2 is 1.93 bits per heavy atom. The van der Waals surface area contributed by atoms with Crippen molar-refractivity contribution in [3.8, 4) is 0 Å². The summed E-state index contributed by atoms with van der Waals surface area (Å²) in [6.07, 6.45) is -3.46. The smallest absolute Gasteiger partial charge is 0.356 e. The fourth-order valence-corrected chi connectivity index (χ4v) is 3.38. The third-order valence-electron chi connectivity index (χ3n) is 4.76. The normalized spacial score (nSPS) is 19.7. The Morgan fingerprint density at radius 3 is 2.48 bits per heavy atom. The monoisotopic (exact) mass is 498 g/mol. The second kappa shape index (κ2) is 11.1. The molecule has 1 fully saturated rings. The third kappa shape index (κ3) is 8.25. The van der Waals surface area contributed by atoms with Crippen LogP contribution in [0.2, 0.25) is 0 Å². The predicted octanol–water partition coefficient (Wildman–Crippen LogP) is 3.85. The molecule has 1 heterocycles. The molecule has 2 rings (SSSR count). The molecular weight excluding hydrogens is 468 g/mol. The van der Waals surface area contributed by atoms with Crippen LogP contribution >= 0.6 is 24.0 Å². The minimum absolute atomic E-state index is 0. The molecule has 2 N–H and O–H groups in total. The number of nitrogens with one attached hydrogen (secondary N) is 2. The van der Waals surface area contributed by atoms with Crippen LogP contribution < -0.4 is 10.6 Å². The molecule has 2 unspecified atom stereocenters. The van der Waals surface area contributed by atoms with Gasteiger partial charge in [0.2, 0.25) is 0 Å². The lowest BCUT2D eigenvalue weighted by atomic mass is 9.88. The van der Waals surface area contributed by atoms with Gasteiger partial charge in [0.15, 0.2) is 5.96 Å². The Balaban J connectivity index is 0.00000364. The maximum absolute atomic E-state index is 12.5. The Labute approximate surface area is 177 Å². The van der Waals surface area contributed by atoms with Crippen molar-refractivity contribution in [2.45, 2.75) is 38.4 Å². The van der Waals surface area contributed by atoms with Gasteiger partial charge in [-0.1, -0.05) is 44.2 Å². The summed E-state index contributed by atoms with van der Waals surface area (Å²) in [5, 5.41) is 6.59. The minimum Gasteiger partial charge on any atom is -0.356 e. The van der Waals surface area contributed by atoms with Gasteiger partial charge in [-0.25, -0.2) is 0 Å². The molecule has 0 amide bonds. The molecule has 0 spiro atoms. The molecule has 0 aliphatic carbocycles. The lowest BCUT2D eigenvalue weighted by Gasteiger charge is -2.24. The number of hydrogen-bond donors (Lipinski definition) is 2. The van der Waals surface area contributed by atoms with E-state index < -0.39 is 12.7 Å². The van der Waals surface area contributed by atoms with Crippen LogP contribution in [0, 0.1) is 5.92 Å². The van der Waals surface area contributed by atoms with E-state index in [4.69, 9.17) is 0 Å². The third-order valence-corrected chi connectivity index (χ3v) is 4.76. The quantitative estimate of drug-likeness (QED) is 0.356.